The smallest absolute Gasteiger partial charge is 0.261 e. The largest absolute Gasteiger partial charge is 0.352 e. The Bertz CT molecular complexity index is 1020. The summed E-state index contributed by atoms with van der Waals surface area (Å²) in [6.07, 6.45) is 2.88. The molecule has 0 saturated carbocycles. The lowest BCUT2D eigenvalue weighted by atomic mass is 9.80. The number of para-hydroxylation sites is 1. The van der Waals surface area contributed by atoms with E-state index in [0.717, 1.165) is 0 Å². The number of nitrogens with zero attached hydrogens (tertiary/aromatic N) is 4. The van der Waals surface area contributed by atoms with E-state index in [-0.39, 0.29) is 42.3 Å². The summed E-state index contributed by atoms with van der Waals surface area (Å²) in [6.45, 7) is 1.38. The Morgan fingerprint density at radius 3 is 2.96 bits per heavy atom. The minimum Gasteiger partial charge on any atom is -0.352 e. The third kappa shape index (κ3) is 3.36. The highest BCUT2D eigenvalue weighted by Gasteiger charge is 2.39. The van der Waals surface area contributed by atoms with Crippen molar-refractivity contribution in [3.8, 4) is 6.07 Å². The number of nitrogens with one attached hydrogen (secondary N) is 1. The van der Waals surface area contributed by atoms with E-state index in [9.17, 15) is 14.4 Å². The van der Waals surface area contributed by atoms with Crippen LogP contribution in [0, 0.1) is 23.2 Å². The second-order valence-corrected chi connectivity index (χ2v) is 7.43. The standard InChI is InChI=1S/C20H21N5O3/c21-10-13-9-14-11-24(7-5-16(14)23-19(13)27)18(26)6-8-25-12-22-17-4-2-1-3-15(17)20(25)28/h1-4,12-14,16H,5-9,11H2,(H,23,27). The third-order valence-corrected chi connectivity index (χ3v) is 5.72. The Morgan fingerprint density at radius 1 is 1.32 bits per heavy atom. The molecule has 2 saturated heterocycles. The molecule has 2 aliphatic heterocycles. The lowest BCUT2D eigenvalue weighted by molar-refractivity contribution is -0.135. The topological polar surface area (TPSA) is 108 Å². The van der Waals surface area contributed by atoms with E-state index in [2.05, 4.69) is 10.3 Å². The van der Waals surface area contributed by atoms with Crippen molar-refractivity contribution in [3.05, 3.63) is 40.9 Å². The average molecular weight is 379 g/mol. The Hall–Kier alpha value is -3.21. The van der Waals surface area contributed by atoms with Crippen molar-refractivity contribution < 1.29 is 9.59 Å². The summed E-state index contributed by atoms with van der Waals surface area (Å²) < 4.78 is 1.47. The van der Waals surface area contributed by atoms with Gasteiger partial charge in [-0.25, -0.2) is 4.98 Å². The van der Waals surface area contributed by atoms with Gasteiger partial charge in [-0.3, -0.25) is 19.0 Å². The van der Waals surface area contributed by atoms with Gasteiger partial charge in [-0.2, -0.15) is 5.26 Å². The zero-order valence-corrected chi connectivity index (χ0v) is 15.4. The predicted molar refractivity (Wildman–Crippen MR) is 101 cm³/mol. The summed E-state index contributed by atoms with van der Waals surface area (Å²) in [6, 6.07) is 9.22. The fourth-order valence-corrected chi connectivity index (χ4v) is 4.13. The maximum atomic E-state index is 12.7. The Kier molecular flexibility index (Phi) is 4.82. The quantitative estimate of drug-likeness (QED) is 0.843. The van der Waals surface area contributed by atoms with E-state index in [1.54, 1.807) is 23.1 Å². The van der Waals surface area contributed by atoms with Crippen LogP contribution in [-0.4, -0.2) is 45.4 Å². The van der Waals surface area contributed by atoms with Gasteiger partial charge in [-0.15, -0.1) is 0 Å². The lowest BCUT2D eigenvalue weighted by Crippen LogP contribution is -2.57. The summed E-state index contributed by atoms with van der Waals surface area (Å²) in [7, 11) is 0. The van der Waals surface area contributed by atoms with Crippen LogP contribution in [-0.2, 0) is 16.1 Å². The number of carbonyl (C=O) groups excluding carboxylic acids is 2. The van der Waals surface area contributed by atoms with Gasteiger partial charge in [0.25, 0.3) is 5.56 Å². The first-order valence-corrected chi connectivity index (χ1v) is 9.49. The van der Waals surface area contributed by atoms with Gasteiger partial charge in [-0.1, -0.05) is 12.1 Å². The van der Waals surface area contributed by atoms with Crippen molar-refractivity contribution in [2.45, 2.75) is 31.8 Å². The minimum atomic E-state index is -0.640. The number of nitriles is 1. The van der Waals surface area contributed by atoms with Gasteiger partial charge in [0, 0.05) is 32.1 Å². The Labute approximate surface area is 161 Å². The van der Waals surface area contributed by atoms with Gasteiger partial charge >= 0.3 is 0 Å². The zero-order chi connectivity index (χ0) is 19.7. The molecule has 3 atom stereocenters. The van der Waals surface area contributed by atoms with E-state index < -0.39 is 5.92 Å². The van der Waals surface area contributed by atoms with Crippen LogP contribution in [0.25, 0.3) is 10.9 Å². The van der Waals surface area contributed by atoms with Crippen molar-refractivity contribution in [2.24, 2.45) is 11.8 Å². The van der Waals surface area contributed by atoms with Crippen LogP contribution >= 0.6 is 0 Å². The van der Waals surface area contributed by atoms with E-state index in [1.807, 2.05) is 12.1 Å². The van der Waals surface area contributed by atoms with E-state index >= 15 is 0 Å². The molecule has 8 heteroatoms. The highest BCUT2D eigenvalue weighted by Crippen LogP contribution is 2.28. The number of rotatable bonds is 3. The maximum Gasteiger partial charge on any atom is 0.261 e. The second kappa shape index (κ2) is 7.43. The van der Waals surface area contributed by atoms with E-state index in [4.69, 9.17) is 5.26 Å². The molecule has 2 aromatic rings. The third-order valence-electron chi connectivity index (χ3n) is 5.72. The van der Waals surface area contributed by atoms with Gasteiger partial charge in [0.05, 0.1) is 23.3 Å². The highest BCUT2D eigenvalue weighted by molar-refractivity contribution is 5.82. The highest BCUT2D eigenvalue weighted by atomic mass is 16.2. The van der Waals surface area contributed by atoms with E-state index in [0.29, 0.717) is 36.8 Å². The number of carbonyl (C=O) groups is 2. The summed E-state index contributed by atoms with van der Waals surface area (Å²) >= 11 is 0. The number of piperidine rings is 2. The number of aromatic nitrogens is 2. The average Bonchev–Trinajstić information content (AvgIpc) is 2.72. The number of benzene rings is 1. The maximum absolute atomic E-state index is 12.7. The molecule has 3 unspecified atom stereocenters. The fraction of sp³-hybridized carbons (Fsp3) is 0.450. The summed E-state index contributed by atoms with van der Waals surface area (Å²) in [5.74, 6) is -0.765. The van der Waals surface area contributed by atoms with E-state index in [1.165, 1.54) is 10.9 Å². The molecule has 0 aliphatic carbocycles. The van der Waals surface area contributed by atoms with Gasteiger partial charge < -0.3 is 10.2 Å². The molecule has 28 heavy (non-hydrogen) atoms. The molecule has 2 fully saturated rings. The summed E-state index contributed by atoms with van der Waals surface area (Å²) in [5.41, 5.74) is 0.493. The second-order valence-electron chi connectivity index (χ2n) is 7.43. The summed E-state index contributed by atoms with van der Waals surface area (Å²) in [5, 5.41) is 12.6. The molecule has 2 amide bonds. The molecule has 0 spiro atoms. The molecule has 0 bridgehead atoms. The van der Waals surface area contributed by atoms with Gasteiger partial charge in [0.1, 0.15) is 5.92 Å². The number of likely N-dealkylation sites (tertiary alicyclic amines) is 1. The molecule has 8 nitrogen and oxygen atoms in total. The molecular formula is C20H21N5O3. The van der Waals surface area contributed by atoms with Crippen molar-refractivity contribution in [1.29, 1.82) is 5.26 Å². The van der Waals surface area contributed by atoms with Crippen LogP contribution in [0.1, 0.15) is 19.3 Å². The van der Waals surface area contributed by atoms with Crippen LogP contribution in [0.4, 0.5) is 0 Å². The van der Waals surface area contributed by atoms with Crippen LogP contribution in [0.15, 0.2) is 35.4 Å². The Morgan fingerprint density at radius 2 is 2.14 bits per heavy atom. The van der Waals surface area contributed by atoms with Crippen molar-refractivity contribution in [3.63, 3.8) is 0 Å². The molecular weight excluding hydrogens is 358 g/mol. The van der Waals surface area contributed by atoms with Crippen molar-refractivity contribution in [2.75, 3.05) is 13.1 Å². The molecule has 2 aliphatic rings. The summed E-state index contributed by atoms with van der Waals surface area (Å²) in [4.78, 5) is 43.1. The number of hydrogen-bond donors (Lipinski definition) is 1. The predicted octanol–water partition coefficient (Wildman–Crippen LogP) is 0.663. The lowest BCUT2D eigenvalue weighted by Gasteiger charge is -2.42. The van der Waals surface area contributed by atoms with Crippen molar-refractivity contribution >= 4 is 22.7 Å². The van der Waals surface area contributed by atoms with Crippen LogP contribution in [0.3, 0.4) is 0 Å². The normalized spacial score (nSPS) is 24.3. The number of aryl methyl sites for hydroxylation is 1. The van der Waals surface area contributed by atoms with Crippen LogP contribution in [0.2, 0.25) is 0 Å². The van der Waals surface area contributed by atoms with Gasteiger partial charge in [0.15, 0.2) is 0 Å². The van der Waals surface area contributed by atoms with Crippen LogP contribution < -0.4 is 10.9 Å². The molecule has 0 radical (unpaired) electrons. The van der Waals surface area contributed by atoms with Gasteiger partial charge in [0.2, 0.25) is 11.8 Å². The molecule has 1 N–H and O–H groups in total. The molecule has 1 aromatic carbocycles. The SMILES string of the molecule is N#CC1CC2CN(C(=O)CCn3cnc4ccccc4c3=O)CCC2NC1=O. The number of fused-ring (bicyclic) bond motifs is 2. The van der Waals surface area contributed by atoms with Crippen LogP contribution in [0.5, 0.6) is 0 Å². The zero-order valence-electron chi connectivity index (χ0n) is 15.4. The first-order valence-electron chi connectivity index (χ1n) is 9.49. The minimum absolute atomic E-state index is 0.0242. The number of hydrogen-bond acceptors (Lipinski definition) is 5. The Balaban J connectivity index is 1.40. The first-order chi connectivity index (χ1) is 13.6. The molecule has 3 heterocycles. The molecule has 144 valence electrons. The fourth-order valence-electron chi connectivity index (χ4n) is 4.13. The van der Waals surface area contributed by atoms with Crippen molar-refractivity contribution in [1.82, 2.24) is 19.8 Å². The number of amides is 2. The van der Waals surface area contributed by atoms with Gasteiger partial charge in [-0.05, 0) is 30.9 Å². The molecule has 4 rings (SSSR count). The molecule has 1 aromatic heterocycles. The first kappa shape index (κ1) is 18.2. The monoisotopic (exact) mass is 379 g/mol.